The molecule has 0 spiro atoms. The van der Waals surface area contributed by atoms with Crippen molar-refractivity contribution < 1.29 is 24.2 Å². The minimum atomic E-state index is -1.00. The van der Waals surface area contributed by atoms with E-state index in [-0.39, 0.29) is 25.6 Å². The van der Waals surface area contributed by atoms with Gasteiger partial charge in [-0.05, 0) is 75.3 Å². The average Bonchev–Trinajstić information content (AvgIpc) is 2.85. The van der Waals surface area contributed by atoms with Crippen molar-refractivity contribution in [2.75, 3.05) is 25.2 Å². The number of hydrogen-bond acceptors (Lipinski definition) is 6. The summed E-state index contributed by atoms with van der Waals surface area (Å²) in [5.41, 5.74) is 2.58. The van der Waals surface area contributed by atoms with Crippen molar-refractivity contribution in [3.63, 3.8) is 0 Å². The molecule has 0 saturated heterocycles. The van der Waals surface area contributed by atoms with Crippen molar-refractivity contribution in [1.29, 1.82) is 0 Å². The van der Waals surface area contributed by atoms with Crippen molar-refractivity contribution in [3.8, 4) is 0 Å². The van der Waals surface area contributed by atoms with Crippen LogP contribution in [-0.4, -0.2) is 64.7 Å². The molecule has 38 heavy (non-hydrogen) atoms. The molecule has 2 unspecified atom stereocenters. The van der Waals surface area contributed by atoms with Crippen LogP contribution in [0.2, 0.25) is 0 Å². The fourth-order valence-corrected chi connectivity index (χ4v) is 4.66. The predicted octanol–water partition coefficient (Wildman–Crippen LogP) is 4.13. The van der Waals surface area contributed by atoms with Crippen LogP contribution in [0.5, 0.6) is 0 Å². The lowest BCUT2D eigenvalue weighted by Gasteiger charge is -2.35. The molecule has 0 aliphatic heterocycles. The third-order valence-electron chi connectivity index (χ3n) is 5.91. The zero-order valence-corrected chi connectivity index (χ0v) is 24.1. The van der Waals surface area contributed by atoms with Crippen LogP contribution in [0.1, 0.15) is 55.5 Å². The van der Waals surface area contributed by atoms with Gasteiger partial charge in [-0.15, -0.1) is 0 Å². The van der Waals surface area contributed by atoms with E-state index >= 15 is 0 Å². The van der Waals surface area contributed by atoms with Gasteiger partial charge in [-0.2, -0.15) is 11.8 Å². The first-order valence-electron chi connectivity index (χ1n) is 12.8. The number of carbonyl (C=O) groups excluding carboxylic acids is 3. The van der Waals surface area contributed by atoms with Crippen LogP contribution in [0, 0.1) is 13.8 Å². The lowest BCUT2D eigenvalue weighted by atomic mass is 9.93. The molecule has 0 saturated carbocycles. The topological polar surface area (TPSA) is 108 Å². The molecule has 2 aromatic rings. The second-order valence-corrected chi connectivity index (χ2v) is 11.1. The molecule has 0 aliphatic rings. The molecule has 0 aliphatic carbocycles. The van der Waals surface area contributed by atoms with Gasteiger partial charge < -0.3 is 25.4 Å². The number of ether oxygens (including phenoxy) is 1. The number of aliphatic hydroxyl groups is 1. The number of benzene rings is 2. The number of nitrogens with one attached hydrogen (secondary N) is 2. The maximum absolute atomic E-state index is 14.0. The van der Waals surface area contributed by atoms with Gasteiger partial charge in [0.05, 0.1) is 6.61 Å². The van der Waals surface area contributed by atoms with Gasteiger partial charge in [0.2, 0.25) is 11.8 Å². The SMILES string of the molecule is CSCCC(NC(=O)OC(C)(C)C)C(=O)N(CCO)C(C(=O)NCc1ccccc1)c1c(C)cccc1C. The van der Waals surface area contributed by atoms with Crippen LogP contribution in [0.4, 0.5) is 4.79 Å². The molecule has 8 nitrogen and oxygen atoms in total. The van der Waals surface area contributed by atoms with E-state index in [4.69, 9.17) is 4.74 Å². The number of carbonyl (C=O) groups is 3. The van der Waals surface area contributed by atoms with Crippen molar-refractivity contribution >= 4 is 29.7 Å². The van der Waals surface area contributed by atoms with Crippen LogP contribution < -0.4 is 10.6 Å². The number of nitrogens with zero attached hydrogens (tertiary/aromatic N) is 1. The van der Waals surface area contributed by atoms with E-state index in [1.165, 1.54) is 4.90 Å². The molecule has 0 bridgehead atoms. The third-order valence-corrected chi connectivity index (χ3v) is 6.55. The zero-order chi connectivity index (χ0) is 28.3. The standard InChI is InChI=1S/C29H41N3O5S/c1-20-11-10-12-21(2)24(20)25(26(34)30-19-22-13-8-7-9-14-22)32(16-17-33)27(35)23(15-18-38-6)31-28(36)37-29(3,4)5/h7-14,23,25,33H,15-19H2,1-6H3,(H,30,34)(H,31,36). The summed E-state index contributed by atoms with van der Waals surface area (Å²) in [5, 5.41) is 15.6. The number of hydrogen-bond donors (Lipinski definition) is 3. The van der Waals surface area contributed by atoms with Crippen LogP contribution in [0.3, 0.4) is 0 Å². The Kier molecular flexibility index (Phi) is 12.1. The van der Waals surface area contributed by atoms with Gasteiger partial charge in [0, 0.05) is 13.1 Å². The lowest BCUT2D eigenvalue weighted by molar-refractivity contribution is -0.143. The minimum Gasteiger partial charge on any atom is -0.444 e. The van der Waals surface area contributed by atoms with Gasteiger partial charge in [-0.25, -0.2) is 4.79 Å². The molecule has 0 radical (unpaired) electrons. The minimum absolute atomic E-state index is 0.0816. The number of aryl methyl sites for hydroxylation is 2. The van der Waals surface area contributed by atoms with Crippen molar-refractivity contribution in [3.05, 3.63) is 70.8 Å². The normalized spacial score (nSPS) is 12.8. The van der Waals surface area contributed by atoms with E-state index in [2.05, 4.69) is 10.6 Å². The van der Waals surface area contributed by atoms with E-state index in [9.17, 15) is 19.5 Å². The molecule has 0 heterocycles. The summed E-state index contributed by atoms with van der Waals surface area (Å²) in [5.74, 6) is -0.219. The monoisotopic (exact) mass is 543 g/mol. The van der Waals surface area contributed by atoms with E-state index < -0.39 is 29.7 Å². The number of amides is 3. The maximum Gasteiger partial charge on any atom is 0.408 e. The fourth-order valence-electron chi connectivity index (χ4n) is 4.19. The second kappa shape index (κ2) is 14.8. The van der Waals surface area contributed by atoms with Crippen LogP contribution >= 0.6 is 11.8 Å². The van der Waals surface area contributed by atoms with E-state index in [1.807, 2.05) is 68.6 Å². The third kappa shape index (κ3) is 9.36. The van der Waals surface area contributed by atoms with Crippen LogP contribution in [0.15, 0.2) is 48.5 Å². The summed E-state index contributed by atoms with van der Waals surface area (Å²) >= 11 is 1.54. The van der Waals surface area contributed by atoms with Gasteiger partial charge in [0.25, 0.3) is 0 Å². The highest BCUT2D eigenvalue weighted by Crippen LogP contribution is 2.29. The number of aliphatic hydroxyl groups excluding tert-OH is 1. The summed E-state index contributed by atoms with van der Waals surface area (Å²) in [6.07, 6.45) is 1.54. The summed E-state index contributed by atoms with van der Waals surface area (Å²) in [6.45, 7) is 8.89. The Morgan fingerprint density at radius 1 is 1.03 bits per heavy atom. The highest BCUT2D eigenvalue weighted by atomic mass is 32.2. The van der Waals surface area contributed by atoms with Gasteiger partial charge in [0.1, 0.15) is 17.7 Å². The molecule has 2 aromatic carbocycles. The highest BCUT2D eigenvalue weighted by molar-refractivity contribution is 7.98. The molecule has 9 heteroatoms. The Balaban J connectivity index is 2.47. The van der Waals surface area contributed by atoms with Crippen molar-refractivity contribution in [1.82, 2.24) is 15.5 Å². The molecular weight excluding hydrogens is 502 g/mol. The van der Waals surface area contributed by atoms with Gasteiger partial charge in [0.15, 0.2) is 0 Å². The largest absolute Gasteiger partial charge is 0.444 e. The molecule has 3 N–H and O–H groups in total. The molecule has 3 amide bonds. The summed E-state index contributed by atoms with van der Waals surface area (Å²) in [4.78, 5) is 41.8. The van der Waals surface area contributed by atoms with Gasteiger partial charge >= 0.3 is 6.09 Å². The molecule has 2 rings (SSSR count). The first-order valence-corrected chi connectivity index (χ1v) is 14.2. The number of thioether (sulfide) groups is 1. The van der Waals surface area contributed by atoms with Crippen LogP contribution in [-0.2, 0) is 20.9 Å². The first-order chi connectivity index (χ1) is 18.0. The Hall–Kier alpha value is -3.04. The van der Waals surface area contributed by atoms with Crippen molar-refractivity contribution in [2.24, 2.45) is 0 Å². The van der Waals surface area contributed by atoms with Crippen molar-refractivity contribution in [2.45, 2.75) is 65.3 Å². The Bertz CT molecular complexity index is 1050. The maximum atomic E-state index is 14.0. The Morgan fingerprint density at radius 3 is 2.21 bits per heavy atom. The highest BCUT2D eigenvalue weighted by Gasteiger charge is 2.37. The molecule has 2 atom stereocenters. The lowest BCUT2D eigenvalue weighted by Crippen LogP contribution is -2.54. The number of alkyl carbamates (subject to hydrolysis) is 1. The number of rotatable bonds is 12. The first kappa shape index (κ1) is 31.2. The molecule has 0 fully saturated rings. The smallest absolute Gasteiger partial charge is 0.408 e. The summed E-state index contributed by atoms with van der Waals surface area (Å²) < 4.78 is 5.40. The molecular formula is C29H41N3O5S. The molecule has 0 aromatic heterocycles. The van der Waals surface area contributed by atoms with Crippen LogP contribution in [0.25, 0.3) is 0 Å². The fraction of sp³-hybridized carbons (Fsp3) is 0.483. The summed E-state index contributed by atoms with van der Waals surface area (Å²) in [7, 11) is 0. The quantitative estimate of drug-likeness (QED) is 0.372. The van der Waals surface area contributed by atoms with E-state index in [1.54, 1.807) is 32.5 Å². The van der Waals surface area contributed by atoms with E-state index in [0.717, 1.165) is 16.7 Å². The predicted molar refractivity (Wildman–Crippen MR) is 152 cm³/mol. The second-order valence-electron chi connectivity index (χ2n) is 10.1. The zero-order valence-electron chi connectivity index (χ0n) is 23.2. The van der Waals surface area contributed by atoms with E-state index in [0.29, 0.717) is 17.7 Å². The molecule has 208 valence electrons. The Labute approximate surface area is 230 Å². The van der Waals surface area contributed by atoms with Gasteiger partial charge in [-0.1, -0.05) is 48.5 Å². The van der Waals surface area contributed by atoms with Gasteiger partial charge in [-0.3, -0.25) is 9.59 Å². The summed E-state index contributed by atoms with van der Waals surface area (Å²) in [6, 6.07) is 13.3. The Morgan fingerprint density at radius 2 is 1.66 bits per heavy atom. The average molecular weight is 544 g/mol.